The van der Waals surface area contributed by atoms with Gasteiger partial charge in [-0.1, -0.05) is 200 Å². The number of para-hydroxylation sites is 2. The molecule has 312 valence electrons. The molecule has 1 aliphatic carbocycles. The summed E-state index contributed by atoms with van der Waals surface area (Å²) in [7, 11) is 0. The number of fused-ring (bicyclic) bond motifs is 14. The highest BCUT2D eigenvalue weighted by molar-refractivity contribution is 6.36. The fraction of sp³-hybridized carbons (Fsp3) is 0.0154. The van der Waals surface area contributed by atoms with E-state index in [0.717, 1.165) is 39.2 Å². The van der Waals surface area contributed by atoms with Gasteiger partial charge in [0.1, 0.15) is 11.2 Å². The SMILES string of the molecule is c1ccc(C2(c3ccccc3)c3ccccc3-c3ccc(N(c4ccc5ccccc5c4)c4ccccc4-c4cccc5c6ccc7oc8ccccc8c7c6c6ccccc6c45)cc32)cc1. The summed E-state index contributed by atoms with van der Waals surface area (Å²) in [5.41, 5.74) is 14.5. The van der Waals surface area contributed by atoms with Gasteiger partial charge in [-0.3, -0.25) is 0 Å². The Kier molecular flexibility index (Phi) is 8.23. The van der Waals surface area contributed by atoms with Crippen LogP contribution < -0.4 is 4.90 Å². The van der Waals surface area contributed by atoms with Crippen LogP contribution in [0, 0.1) is 0 Å². The molecule has 1 aliphatic rings. The lowest BCUT2D eigenvalue weighted by Crippen LogP contribution is -2.28. The van der Waals surface area contributed by atoms with Crippen molar-refractivity contribution in [1.82, 2.24) is 0 Å². The minimum Gasteiger partial charge on any atom is -0.456 e. The average Bonchev–Trinajstić information content (AvgIpc) is 3.93. The molecule has 0 atom stereocenters. The summed E-state index contributed by atoms with van der Waals surface area (Å²) in [5, 5.41) is 12.1. The lowest BCUT2D eigenvalue weighted by molar-refractivity contribution is 0.669. The van der Waals surface area contributed by atoms with E-state index in [0.29, 0.717) is 0 Å². The number of benzene rings is 12. The molecular weight excluding hydrogens is 811 g/mol. The van der Waals surface area contributed by atoms with Gasteiger partial charge in [0.25, 0.3) is 0 Å². The Hall–Kier alpha value is -8.72. The highest BCUT2D eigenvalue weighted by Gasteiger charge is 2.46. The van der Waals surface area contributed by atoms with Crippen LogP contribution in [0.4, 0.5) is 17.1 Å². The molecule has 1 aromatic heterocycles. The monoisotopic (exact) mass is 851 g/mol. The highest BCUT2D eigenvalue weighted by Crippen LogP contribution is 2.58. The summed E-state index contributed by atoms with van der Waals surface area (Å²) in [6, 6.07) is 91.6. The van der Waals surface area contributed by atoms with Gasteiger partial charge in [-0.05, 0) is 125 Å². The molecule has 0 bridgehead atoms. The van der Waals surface area contributed by atoms with Crippen molar-refractivity contribution >= 4 is 82.1 Å². The number of hydrogen-bond acceptors (Lipinski definition) is 2. The first-order chi connectivity index (χ1) is 33.3. The van der Waals surface area contributed by atoms with Gasteiger partial charge in [0.15, 0.2) is 0 Å². The molecule has 1 heterocycles. The zero-order valence-corrected chi connectivity index (χ0v) is 36.5. The van der Waals surface area contributed by atoms with Crippen molar-refractivity contribution < 1.29 is 4.42 Å². The maximum Gasteiger partial charge on any atom is 0.136 e. The second-order valence-corrected chi connectivity index (χ2v) is 17.9. The van der Waals surface area contributed by atoms with Crippen molar-refractivity contribution in [3.63, 3.8) is 0 Å². The van der Waals surface area contributed by atoms with E-state index in [-0.39, 0.29) is 0 Å². The molecule has 2 nitrogen and oxygen atoms in total. The first-order valence-corrected chi connectivity index (χ1v) is 23.2. The lowest BCUT2D eigenvalue weighted by atomic mass is 9.67. The number of rotatable bonds is 6. The van der Waals surface area contributed by atoms with Crippen molar-refractivity contribution in [3.8, 4) is 22.3 Å². The molecule has 67 heavy (non-hydrogen) atoms. The van der Waals surface area contributed by atoms with Crippen LogP contribution in [0.15, 0.2) is 253 Å². The molecular formula is C65H41NO. The molecule has 2 heteroatoms. The quantitative estimate of drug-likeness (QED) is 0.155. The molecule has 0 unspecified atom stereocenters. The van der Waals surface area contributed by atoms with Crippen molar-refractivity contribution in [2.75, 3.05) is 4.90 Å². The van der Waals surface area contributed by atoms with Gasteiger partial charge < -0.3 is 9.32 Å². The Morgan fingerprint density at radius 1 is 0.299 bits per heavy atom. The van der Waals surface area contributed by atoms with E-state index in [9.17, 15) is 0 Å². The van der Waals surface area contributed by atoms with Crippen LogP contribution in [0.1, 0.15) is 22.3 Å². The second-order valence-electron chi connectivity index (χ2n) is 17.9. The van der Waals surface area contributed by atoms with Gasteiger partial charge in [-0.25, -0.2) is 0 Å². The van der Waals surface area contributed by atoms with Crippen LogP contribution >= 0.6 is 0 Å². The van der Waals surface area contributed by atoms with E-state index in [1.165, 1.54) is 87.4 Å². The Balaban J connectivity index is 1.06. The lowest BCUT2D eigenvalue weighted by Gasteiger charge is -2.35. The van der Waals surface area contributed by atoms with E-state index in [2.05, 4.69) is 254 Å². The van der Waals surface area contributed by atoms with Crippen molar-refractivity contribution in [2.24, 2.45) is 0 Å². The van der Waals surface area contributed by atoms with Crippen molar-refractivity contribution in [2.45, 2.75) is 5.41 Å². The summed E-state index contributed by atoms with van der Waals surface area (Å²) in [6.07, 6.45) is 0. The van der Waals surface area contributed by atoms with Gasteiger partial charge in [0.05, 0.1) is 11.1 Å². The van der Waals surface area contributed by atoms with Gasteiger partial charge in [-0.15, -0.1) is 0 Å². The smallest absolute Gasteiger partial charge is 0.136 e. The summed E-state index contributed by atoms with van der Waals surface area (Å²) in [4.78, 5) is 2.50. The molecule has 14 rings (SSSR count). The van der Waals surface area contributed by atoms with Crippen molar-refractivity contribution in [3.05, 3.63) is 271 Å². The van der Waals surface area contributed by atoms with Gasteiger partial charge in [0.2, 0.25) is 0 Å². The van der Waals surface area contributed by atoms with Crippen LogP contribution in [0.25, 0.3) is 87.3 Å². The normalized spacial score (nSPS) is 12.9. The predicted molar refractivity (Wildman–Crippen MR) is 281 cm³/mol. The Morgan fingerprint density at radius 3 is 1.64 bits per heavy atom. The standard InChI is InChI=1S/C65H41NO/c1-3-20-44(21-4-1)65(45-22-5-2-6-23-45)57-31-14-11-24-48(57)49-37-36-47(41-58(49)65)66(46-35-34-42-18-7-8-19-43(42)40-46)59-32-15-12-25-50(59)51-29-17-30-53-55-38-39-61-64(56-28-13-16-33-60(56)67-61)63(55)54-27-10-9-26-52(54)62(51)53/h1-41H. The highest BCUT2D eigenvalue weighted by atomic mass is 16.3. The maximum absolute atomic E-state index is 6.47. The first kappa shape index (κ1) is 37.6. The molecule has 0 aliphatic heterocycles. The fourth-order valence-corrected chi connectivity index (χ4v) is 11.7. The molecule has 12 aromatic carbocycles. The molecule has 0 N–H and O–H groups in total. The van der Waals surface area contributed by atoms with Crippen LogP contribution in [0.2, 0.25) is 0 Å². The third-order valence-corrected chi connectivity index (χ3v) is 14.5. The van der Waals surface area contributed by atoms with Crippen LogP contribution in [0.5, 0.6) is 0 Å². The average molecular weight is 852 g/mol. The number of anilines is 3. The molecule has 0 amide bonds. The zero-order chi connectivity index (χ0) is 44.1. The zero-order valence-electron chi connectivity index (χ0n) is 36.5. The number of nitrogens with zero attached hydrogens (tertiary/aromatic N) is 1. The predicted octanol–water partition coefficient (Wildman–Crippen LogP) is 17.7. The van der Waals surface area contributed by atoms with Gasteiger partial charge in [0, 0.05) is 33.1 Å². The molecule has 0 saturated heterocycles. The van der Waals surface area contributed by atoms with Crippen LogP contribution in [-0.2, 0) is 5.41 Å². The topological polar surface area (TPSA) is 16.4 Å². The number of hydrogen-bond donors (Lipinski definition) is 0. The Labute approximate surface area is 388 Å². The van der Waals surface area contributed by atoms with Gasteiger partial charge in [-0.2, -0.15) is 0 Å². The third kappa shape index (κ3) is 5.45. The Bertz CT molecular complexity index is 4040. The Morgan fingerprint density at radius 2 is 0.851 bits per heavy atom. The fourth-order valence-electron chi connectivity index (χ4n) is 11.7. The largest absolute Gasteiger partial charge is 0.456 e. The number of furan rings is 1. The van der Waals surface area contributed by atoms with Crippen LogP contribution in [0.3, 0.4) is 0 Å². The van der Waals surface area contributed by atoms with E-state index < -0.39 is 5.41 Å². The van der Waals surface area contributed by atoms with E-state index >= 15 is 0 Å². The van der Waals surface area contributed by atoms with E-state index in [4.69, 9.17) is 4.42 Å². The third-order valence-electron chi connectivity index (χ3n) is 14.5. The van der Waals surface area contributed by atoms with E-state index in [1.54, 1.807) is 0 Å². The molecule has 0 fully saturated rings. The van der Waals surface area contributed by atoms with Crippen molar-refractivity contribution in [1.29, 1.82) is 0 Å². The summed E-state index contributed by atoms with van der Waals surface area (Å²) in [6.45, 7) is 0. The summed E-state index contributed by atoms with van der Waals surface area (Å²) >= 11 is 0. The first-order valence-electron chi connectivity index (χ1n) is 23.2. The maximum atomic E-state index is 6.47. The molecule has 13 aromatic rings. The molecule has 0 saturated carbocycles. The molecule has 0 spiro atoms. The van der Waals surface area contributed by atoms with Crippen LogP contribution in [-0.4, -0.2) is 0 Å². The summed E-state index contributed by atoms with van der Waals surface area (Å²) < 4.78 is 6.47. The molecule has 0 radical (unpaired) electrons. The summed E-state index contributed by atoms with van der Waals surface area (Å²) in [5.74, 6) is 0. The minimum absolute atomic E-state index is 0.541. The second kappa shape index (κ2) is 14.7. The van der Waals surface area contributed by atoms with Gasteiger partial charge >= 0.3 is 0 Å². The van der Waals surface area contributed by atoms with E-state index in [1.807, 2.05) is 0 Å². The minimum atomic E-state index is -0.541.